The zero-order valence-corrected chi connectivity index (χ0v) is 25.4. The molecule has 1 aromatic heterocycles. The Morgan fingerprint density at radius 1 is 0.921 bits per heavy atom. The molecule has 0 aliphatic rings. The monoisotopic (exact) mass is 555 g/mol. The number of hydrogen-bond acceptors (Lipinski definition) is 5. The molecule has 0 amide bonds. The van der Waals surface area contributed by atoms with Gasteiger partial charge in [-0.2, -0.15) is 0 Å². The fourth-order valence-corrected chi connectivity index (χ4v) is 7.48. The van der Waals surface area contributed by atoms with Crippen molar-refractivity contribution in [2.24, 2.45) is 5.41 Å². The van der Waals surface area contributed by atoms with E-state index >= 15 is 0 Å². The summed E-state index contributed by atoms with van der Waals surface area (Å²) in [6.07, 6.45) is 9.65. The van der Waals surface area contributed by atoms with Crippen molar-refractivity contribution in [1.29, 1.82) is 0 Å². The second-order valence-corrected chi connectivity index (χ2v) is 14.6. The quantitative estimate of drug-likeness (QED) is 0.141. The standard InChI is InChI=1S/C32H45NO3S2/c1-31(2,3)23-32(4,5)24-18-20-25(21-19-24)36-22-14-10-8-6-7-9-11-17-28(29(34)35)38-30-33-26-15-12-13-16-27(26)37-30/h12-13,15-16,18-21,28H,6-11,14,17,22-23H2,1-5H3,(H,34,35). The van der Waals surface area contributed by atoms with Crippen LogP contribution in [0, 0.1) is 5.41 Å². The highest BCUT2D eigenvalue weighted by Crippen LogP contribution is 2.37. The highest BCUT2D eigenvalue weighted by atomic mass is 32.2. The first-order valence-electron chi connectivity index (χ1n) is 14.0. The van der Waals surface area contributed by atoms with Gasteiger partial charge in [0.25, 0.3) is 0 Å². The highest BCUT2D eigenvalue weighted by molar-refractivity contribution is 8.02. The molecule has 0 fully saturated rings. The number of thiazole rings is 1. The van der Waals surface area contributed by atoms with E-state index < -0.39 is 11.2 Å². The van der Waals surface area contributed by atoms with Gasteiger partial charge in [-0.25, -0.2) is 4.98 Å². The lowest BCUT2D eigenvalue weighted by Crippen LogP contribution is -2.24. The molecule has 1 atom stereocenters. The van der Waals surface area contributed by atoms with Gasteiger partial charge in [-0.15, -0.1) is 11.3 Å². The molecule has 1 N–H and O–H groups in total. The third-order valence-electron chi connectivity index (χ3n) is 6.78. The SMILES string of the molecule is CC(C)(C)CC(C)(C)c1ccc(OCCCCCCCCCC(Sc2nc3ccccc3s2)C(=O)O)cc1. The Balaban J connectivity index is 1.25. The fraction of sp³-hybridized carbons (Fsp3) is 0.562. The van der Waals surface area contributed by atoms with Crippen molar-refractivity contribution >= 4 is 39.3 Å². The van der Waals surface area contributed by atoms with Crippen LogP contribution in [0.2, 0.25) is 0 Å². The number of para-hydroxylation sites is 1. The number of fused-ring (bicyclic) bond motifs is 1. The molecule has 38 heavy (non-hydrogen) atoms. The fourth-order valence-electron chi connectivity index (χ4n) is 5.19. The first-order chi connectivity index (χ1) is 18.0. The smallest absolute Gasteiger partial charge is 0.317 e. The first kappa shape index (κ1) is 30.5. The van der Waals surface area contributed by atoms with Gasteiger partial charge in [-0.3, -0.25) is 4.79 Å². The number of nitrogens with zero attached hydrogens (tertiary/aromatic N) is 1. The summed E-state index contributed by atoms with van der Waals surface area (Å²) in [5.41, 5.74) is 2.77. The van der Waals surface area contributed by atoms with Gasteiger partial charge in [-0.05, 0) is 59.9 Å². The topological polar surface area (TPSA) is 59.4 Å². The van der Waals surface area contributed by atoms with Crippen LogP contribution in [0.25, 0.3) is 10.2 Å². The van der Waals surface area contributed by atoms with E-state index in [1.54, 1.807) is 11.3 Å². The second-order valence-electron chi connectivity index (χ2n) is 12.1. The molecule has 3 aromatic rings. The maximum absolute atomic E-state index is 11.7. The predicted octanol–water partition coefficient (Wildman–Crippen LogP) is 9.76. The number of hydrogen-bond donors (Lipinski definition) is 1. The maximum atomic E-state index is 11.7. The van der Waals surface area contributed by atoms with E-state index in [1.165, 1.54) is 36.6 Å². The molecule has 3 rings (SSSR count). The molecule has 0 bridgehead atoms. The van der Waals surface area contributed by atoms with Crippen LogP contribution in [0.15, 0.2) is 52.9 Å². The van der Waals surface area contributed by atoms with E-state index in [2.05, 4.69) is 63.9 Å². The van der Waals surface area contributed by atoms with Crippen LogP contribution < -0.4 is 4.74 Å². The third-order valence-corrected chi connectivity index (χ3v) is 9.16. The number of aliphatic carboxylic acids is 1. The Morgan fingerprint density at radius 2 is 1.55 bits per heavy atom. The van der Waals surface area contributed by atoms with Gasteiger partial charge in [0.15, 0.2) is 4.34 Å². The molecule has 2 aromatic carbocycles. The molecule has 6 heteroatoms. The van der Waals surface area contributed by atoms with Gasteiger partial charge in [0.1, 0.15) is 11.0 Å². The van der Waals surface area contributed by atoms with Gasteiger partial charge in [0.2, 0.25) is 0 Å². The lowest BCUT2D eigenvalue weighted by Gasteiger charge is -2.33. The molecular formula is C32H45NO3S2. The third kappa shape index (κ3) is 10.3. The Bertz CT molecular complexity index is 1100. The molecule has 4 nitrogen and oxygen atoms in total. The average Bonchev–Trinajstić information content (AvgIpc) is 3.25. The molecule has 0 spiro atoms. The summed E-state index contributed by atoms with van der Waals surface area (Å²) in [5, 5.41) is 9.22. The molecule has 0 radical (unpaired) electrons. The van der Waals surface area contributed by atoms with Crippen LogP contribution in [-0.2, 0) is 10.2 Å². The van der Waals surface area contributed by atoms with Crippen LogP contribution in [0.5, 0.6) is 5.75 Å². The normalized spacial score (nSPS) is 13.1. The van der Waals surface area contributed by atoms with Crippen molar-refractivity contribution in [1.82, 2.24) is 4.98 Å². The van der Waals surface area contributed by atoms with Gasteiger partial charge in [-0.1, -0.05) is 109 Å². The van der Waals surface area contributed by atoms with Crippen LogP contribution in [-0.4, -0.2) is 27.9 Å². The largest absolute Gasteiger partial charge is 0.494 e. The van der Waals surface area contributed by atoms with Gasteiger partial charge in [0.05, 0.1) is 16.8 Å². The van der Waals surface area contributed by atoms with Crippen LogP contribution in [0.1, 0.15) is 98.0 Å². The molecule has 208 valence electrons. The van der Waals surface area contributed by atoms with Gasteiger partial charge < -0.3 is 9.84 Å². The zero-order valence-electron chi connectivity index (χ0n) is 23.8. The summed E-state index contributed by atoms with van der Waals surface area (Å²) >= 11 is 2.98. The number of ether oxygens (including phenoxy) is 1. The predicted molar refractivity (Wildman–Crippen MR) is 163 cm³/mol. The van der Waals surface area contributed by atoms with Crippen molar-refractivity contribution < 1.29 is 14.6 Å². The summed E-state index contributed by atoms with van der Waals surface area (Å²) in [6.45, 7) is 12.3. The minimum absolute atomic E-state index is 0.153. The summed E-state index contributed by atoms with van der Waals surface area (Å²) in [6, 6.07) is 16.6. The molecule has 1 heterocycles. The number of carboxylic acid groups (broad SMARTS) is 1. The van der Waals surface area contributed by atoms with Crippen molar-refractivity contribution in [3.63, 3.8) is 0 Å². The van der Waals surface area contributed by atoms with E-state index in [-0.39, 0.29) is 5.41 Å². The Labute approximate surface area is 237 Å². The number of carbonyl (C=O) groups is 1. The average molecular weight is 556 g/mol. The number of carboxylic acids is 1. The Hall–Kier alpha value is -2.05. The van der Waals surface area contributed by atoms with E-state index in [1.807, 2.05) is 24.3 Å². The van der Waals surface area contributed by atoms with Gasteiger partial charge >= 0.3 is 5.97 Å². The molecule has 0 saturated carbocycles. The summed E-state index contributed by atoms with van der Waals surface area (Å²) in [7, 11) is 0. The van der Waals surface area contributed by atoms with E-state index in [4.69, 9.17) is 4.74 Å². The summed E-state index contributed by atoms with van der Waals surface area (Å²) < 4.78 is 7.93. The number of aromatic nitrogens is 1. The molecular weight excluding hydrogens is 510 g/mol. The van der Waals surface area contributed by atoms with Crippen molar-refractivity contribution in [3.8, 4) is 5.75 Å². The van der Waals surface area contributed by atoms with Crippen LogP contribution in [0.3, 0.4) is 0 Å². The minimum Gasteiger partial charge on any atom is -0.494 e. The van der Waals surface area contributed by atoms with Crippen LogP contribution >= 0.6 is 23.1 Å². The zero-order chi connectivity index (χ0) is 27.6. The van der Waals surface area contributed by atoms with Gasteiger partial charge in [0, 0.05) is 0 Å². The minimum atomic E-state index is -0.738. The maximum Gasteiger partial charge on any atom is 0.317 e. The molecule has 1 unspecified atom stereocenters. The Morgan fingerprint density at radius 3 is 2.18 bits per heavy atom. The van der Waals surface area contributed by atoms with Crippen LogP contribution in [0.4, 0.5) is 0 Å². The van der Waals surface area contributed by atoms with E-state index in [9.17, 15) is 9.90 Å². The highest BCUT2D eigenvalue weighted by Gasteiger charge is 2.27. The van der Waals surface area contributed by atoms with E-state index in [0.29, 0.717) is 11.8 Å². The lowest BCUT2D eigenvalue weighted by molar-refractivity contribution is -0.136. The first-order valence-corrected chi connectivity index (χ1v) is 15.7. The summed E-state index contributed by atoms with van der Waals surface area (Å²) in [5.74, 6) is 0.217. The van der Waals surface area contributed by atoms with E-state index in [0.717, 1.165) is 59.0 Å². The molecule has 0 aliphatic carbocycles. The lowest BCUT2D eigenvalue weighted by atomic mass is 9.72. The summed E-state index contributed by atoms with van der Waals surface area (Å²) in [4.78, 5) is 16.3. The van der Waals surface area contributed by atoms with Crippen molar-refractivity contribution in [2.45, 2.75) is 107 Å². The number of thioether (sulfide) groups is 1. The number of unbranched alkanes of at least 4 members (excludes halogenated alkanes) is 6. The van der Waals surface area contributed by atoms with Crippen molar-refractivity contribution in [3.05, 3.63) is 54.1 Å². The number of rotatable bonds is 16. The number of benzene rings is 2. The Kier molecular flexibility index (Phi) is 11.5. The molecule has 0 saturated heterocycles. The molecule has 0 aliphatic heterocycles. The van der Waals surface area contributed by atoms with Crippen molar-refractivity contribution in [2.75, 3.05) is 6.61 Å². The second kappa shape index (κ2) is 14.4.